The summed E-state index contributed by atoms with van der Waals surface area (Å²) in [6.45, 7) is 0. The standard InChI is InChI=1S/C61H42N2/c1-5-17-40(18-6-1)56-52-27-13-14-28-53(52)57(41-19-7-2-8-20-41)60-55-36-35-50(51-29-16-30-54(58(51)55)59(56)60)46-34-33-44-37-43(31-32-45(44)38-46)42-21-15-22-47(39-42)61(62-48-23-9-3-10-24-48)63-49-25-11-4-12-26-49/h1-39,61-63H. The van der Waals surface area contributed by atoms with E-state index < -0.39 is 0 Å². The molecule has 0 atom stereocenters. The summed E-state index contributed by atoms with van der Waals surface area (Å²) in [5.41, 5.74) is 18.4. The molecule has 11 aromatic rings. The Labute approximate surface area is 367 Å². The van der Waals surface area contributed by atoms with Gasteiger partial charge >= 0.3 is 0 Å². The van der Waals surface area contributed by atoms with E-state index in [4.69, 9.17) is 0 Å². The Morgan fingerprint density at radius 3 is 1.32 bits per heavy atom. The topological polar surface area (TPSA) is 24.1 Å². The number of para-hydroxylation sites is 2. The van der Waals surface area contributed by atoms with E-state index in [1.165, 1.54) is 99.1 Å². The van der Waals surface area contributed by atoms with Gasteiger partial charge in [0.25, 0.3) is 0 Å². The molecule has 11 aromatic carbocycles. The molecule has 0 aliphatic heterocycles. The van der Waals surface area contributed by atoms with Gasteiger partial charge in [0.2, 0.25) is 0 Å². The van der Waals surface area contributed by atoms with Gasteiger partial charge in [0, 0.05) is 11.4 Å². The summed E-state index contributed by atoms with van der Waals surface area (Å²) in [4.78, 5) is 0. The SMILES string of the molecule is c1ccc(NC(Nc2ccccc2)c2cccc(-c3ccc4cc(-c5ccc6c7c(cccc57)-c5c-6c(-c6ccccc6)c6ccccc6c5-c5ccccc5)ccc4c3)c2)cc1. The first-order chi connectivity index (χ1) is 31.2. The first kappa shape index (κ1) is 36.6. The molecule has 0 amide bonds. The van der Waals surface area contributed by atoms with Crippen LogP contribution < -0.4 is 10.6 Å². The summed E-state index contributed by atoms with van der Waals surface area (Å²) in [5, 5.41) is 15.0. The van der Waals surface area contributed by atoms with E-state index in [0.29, 0.717) is 0 Å². The zero-order valence-corrected chi connectivity index (χ0v) is 34.6. The summed E-state index contributed by atoms with van der Waals surface area (Å²) >= 11 is 0. The van der Waals surface area contributed by atoms with E-state index >= 15 is 0 Å². The van der Waals surface area contributed by atoms with Crippen LogP contribution in [-0.4, -0.2) is 0 Å². The lowest BCUT2D eigenvalue weighted by Gasteiger charge is -2.23. The van der Waals surface area contributed by atoms with Crippen LogP contribution in [0.3, 0.4) is 0 Å². The number of nitrogens with one attached hydrogen (secondary N) is 2. The summed E-state index contributed by atoms with van der Waals surface area (Å²) in [7, 11) is 0. The predicted molar refractivity (Wildman–Crippen MR) is 268 cm³/mol. The van der Waals surface area contributed by atoms with Gasteiger partial charge < -0.3 is 10.6 Å². The Hall–Kier alpha value is -8.20. The van der Waals surface area contributed by atoms with Crippen molar-refractivity contribution in [1.82, 2.24) is 0 Å². The minimum absolute atomic E-state index is 0.128. The minimum Gasteiger partial charge on any atom is -0.362 e. The quantitative estimate of drug-likeness (QED) is 0.142. The van der Waals surface area contributed by atoms with Gasteiger partial charge in [0.15, 0.2) is 0 Å². The van der Waals surface area contributed by atoms with E-state index in [2.05, 4.69) is 235 Å². The summed E-state index contributed by atoms with van der Waals surface area (Å²) in [6.07, 6.45) is -0.128. The third kappa shape index (κ3) is 6.43. The van der Waals surface area contributed by atoms with Crippen molar-refractivity contribution in [1.29, 1.82) is 0 Å². The maximum atomic E-state index is 3.72. The highest BCUT2D eigenvalue weighted by molar-refractivity contribution is 6.28. The molecule has 1 aliphatic rings. The average Bonchev–Trinajstić information content (AvgIpc) is 3.68. The molecule has 0 saturated heterocycles. The Morgan fingerprint density at radius 1 is 0.270 bits per heavy atom. The van der Waals surface area contributed by atoms with Gasteiger partial charge in [0.05, 0.1) is 0 Å². The van der Waals surface area contributed by atoms with Crippen molar-refractivity contribution in [3.8, 4) is 66.8 Å². The van der Waals surface area contributed by atoms with Crippen LogP contribution in [0.4, 0.5) is 11.4 Å². The van der Waals surface area contributed by atoms with Crippen molar-refractivity contribution >= 4 is 43.7 Å². The van der Waals surface area contributed by atoms with Crippen LogP contribution in [0, 0.1) is 0 Å². The Morgan fingerprint density at radius 2 is 0.714 bits per heavy atom. The number of hydrogen-bond acceptors (Lipinski definition) is 2. The van der Waals surface area contributed by atoms with Crippen LogP contribution in [0.2, 0.25) is 0 Å². The molecular formula is C61H42N2. The first-order valence-corrected chi connectivity index (χ1v) is 21.8. The van der Waals surface area contributed by atoms with Gasteiger partial charge in [-0.25, -0.2) is 0 Å². The van der Waals surface area contributed by atoms with Gasteiger partial charge in [-0.1, -0.05) is 194 Å². The van der Waals surface area contributed by atoms with Crippen molar-refractivity contribution in [3.63, 3.8) is 0 Å². The molecule has 63 heavy (non-hydrogen) atoms. The molecule has 0 radical (unpaired) electrons. The average molecular weight is 803 g/mol. The molecule has 2 heteroatoms. The number of fused-ring (bicyclic) bond motifs is 5. The molecule has 0 bridgehead atoms. The van der Waals surface area contributed by atoms with Crippen LogP contribution in [0.1, 0.15) is 11.7 Å². The lowest BCUT2D eigenvalue weighted by molar-refractivity contribution is 0.903. The second-order valence-electron chi connectivity index (χ2n) is 16.5. The Kier molecular flexibility index (Phi) is 8.93. The molecule has 12 rings (SSSR count). The van der Waals surface area contributed by atoms with E-state index in [0.717, 1.165) is 16.9 Å². The zero-order valence-electron chi connectivity index (χ0n) is 34.6. The highest BCUT2D eigenvalue weighted by Gasteiger charge is 2.31. The molecule has 0 unspecified atom stereocenters. The molecule has 2 N–H and O–H groups in total. The summed E-state index contributed by atoms with van der Waals surface area (Å²) < 4.78 is 0. The van der Waals surface area contributed by atoms with E-state index in [-0.39, 0.29) is 6.17 Å². The highest BCUT2D eigenvalue weighted by atomic mass is 15.1. The molecule has 0 saturated carbocycles. The molecular weight excluding hydrogens is 761 g/mol. The zero-order chi connectivity index (χ0) is 41.7. The minimum atomic E-state index is -0.128. The monoisotopic (exact) mass is 802 g/mol. The van der Waals surface area contributed by atoms with Crippen molar-refractivity contribution in [2.24, 2.45) is 0 Å². The number of benzene rings is 11. The van der Waals surface area contributed by atoms with Gasteiger partial charge in [-0.2, -0.15) is 0 Å². The van der Waals surface area contributed by atoms with Crippen LogP contribution in [0.5, 0.6) is 0 Å². The van der Waals surface area contributed by atoms with Crippen molar-refractivity contribution < 1.29 is 0 Å². The maximum Gasteiger partial charge on any atom is 0.123 e. The van der Waals surface area contributed by atoms with Crippen LogP contribution in [-0.2, 0) is 0 Å². The molecule has 296 valence electrons. The van der Waals surface area contributed by atoms with Gasteiger partial charge in [-0.3, -0.25) is 0 Å². The van der Waals surface area contributed by atoms with E-state index in [9.17, 15) is 0 Å². The third-order valence-electron chi connectivity index (χ3n) is 12.8. The fourth-order valence-electron chi connectivity index (χ4n) is 9.96. The normalized spacial score (nSPS) is 11.6. The number of anilines is 2. The lowest BCUT2D eigenvalue weighted by Crippen LogP contribution is -2.19. The molecule has 0 heterocycles. The first-order valence-electron chi connectivity index (χ1n) is 21.8. The molecule has 2 nitrogen and oxygen atoms in total. The molecule has 0 fully saturated rings. The van der Waals surface area contributed by atoms with Crippen LogP contribution in [0.25, 0.3) is 99.1 Å². The molecule has 0 spiro atoms. The number of rotatable bonds is 9. The summed E-state index contributed by atoms with van der Waals surface area (Å²) in [6, 6.07) is 86.0. The second-order valence-corrected chi connectivity index (χ2v) is 16.5. The van der Waals surface area contributed by atoms with Crippen molar-refractivity contribution in [2.75, 3.05) is 10.6 Å². The highest BCUT2D eigenvalue weighted by Crippen LogP contribution is 2.58. The smallest absolute Gasteiger partial charge is 0.123 e. The van der Waals surface area contributed by atoms with Gasteiger partial charge in [-0.05, 0) is 147 Å². The Bertz CT molecular complexity index is 3350. The van der Waals surface area contributed by atoms with Crippen LogP contribution >= 0.6 is 0 Å². The van der Waals surface area contributed by atoms with Crippen LogP contribution in [0.15, 0.2) is 237 Å². The molecule has 0 aromatic heterocycles. The van der Waals surface area contributed by atoms with E-state index in [1.54, 1.807) is 0 Å². The van der Waals surface area contributed by atoms with E-state index in [1.807, 2.05) is 12.1 Å². The third-order valence-corrected chi connectivity index (χ3v) is 12.8. The fourth-order valence-corrected chi connectivity index (χ4v) is 9.96. The van der Waals surface area contributed by atoms with Crippen molar-refractivity contribution in [3.05, 3.63) is 242 Å². The Balaban J connectivity index is 0.951. The summed E-state index contributed by atoms with van der Waals surface area (Å²) in [5.74, 6) is 0. The second kappa shape index (κ2) is 15.4. The van der Waals surface area contributed by atoms with Gasteiger partial charge in [-0.15, -0.1) is 0 Å². The maximum absolute atomic E-state index is 3.72. The fraction of sp³-hybridized carbons (Fsp3) is 0.0164. The van der Waals surface area contributed by atoms with Crippen molar-refractivity contribution in [2.45, 2.75) is 6.17 Å². The lowest BCUT2D eigenvalue weighted by atomic mass is 9.82. The predicted octanol–water partition coefficient (Wildman–Crippen LogP) is 16.7. The van der Waals surface area contributed by atoms with Gasteiger partial charge in [0.1, 0.15) is 6.17 Å². The largest absolute Gasteiger partial charge is 0.362 e. The molecule has 1 aliphatic carbocycles. The number of hydrogen-bond donors (Lipinski definition) is 2.